The smallest absolute Gasteiger partial charge is 0.347 e. The molecule has 0 bridgehead atoms. The number of methoxy groups -OCH3 is 1. The Morgan fingerprint density at radius 1 is 1.32 bits per heavy atom. The van der Waals surface area contributed by atoms with Gasteiger partial charge in [-0.15, -0.1) is 0 Å². The zero-order chi connectivity index (χ0) is 15.5. The van der Waals surface area contributed by atoms with E-state index in [0.29, 0.717) is 11.4 Å². The van der Waals surface area contributed by atoms with Crippen molar-refractivity contribution in [2.75, 3.05) is 7.11 Å². The molecule has 2 aromatic heterocycles. The number of esters is 1. The molecule has 3 aromatic rings. The van der Waals surface area contributed by atoms with Crippen molar-refractivity contribution in [3.8, 4) is 5.75 Å². The van der Waals surface area contributed by atoms with Crippen molar-refractivity contribution < 1.29 is 14.3 Å². The van der Waals surface area contributed by atoms with Crippen LogP contribution < -0.4 is 10.4 Å². The molecule has 22 heavy (non-hydrogen) atoms. The zero-order valence-corrected chi connectivity index (χ0v) is 11.8. The van der Waals surface area contributed by atoms with E-state index < -0.39 is 11.7 Å². The van der Waals surface area contributed by atoms with Gasteiger partial charge in [0.2, 0.25) is 0 Å². The molecule has 0 saturated heterocycles. The van der Waals surface area contributed by atoms with E-state index in [9.17, 15) is 9.59 Å². The maximum atomic E-state index is 12.0. The van der Waals surface area contributed by atoms with Crippen LogP contribution in [-0.4, -0.2) is 27.7 Å². The van der Waals surface area contributed by atoms with Crippen molar-refractivity contribution in [2.24, 2.45) is 0 Å². The fraction of sp³-hybridized carbons (Fsp3) is 0.133. The van der Waals surface area contributed by atoms with Crippen molar-refractivity contribution in [1.29, 1.82) is 0 Å². The maximum absolute atomic E-state index is 12.0. The van der Waals surface area contributed by atoms with Crippen LogP contribution in [0.25, 0.3) is 5.65 Å². The summed E-state index contributed by atoms with van der Waals surface area (Å²) in [6.45, 7) is 0.119. The summed E-state index contributed by atoms with van der Waals surface area (Å²) in [5.74, 6) is 0.178. The lowest BCUT2D eigenvalue weighted by Crippen LogP contribution is -2.12. The fourth-order valence-corrected chi connectivity index (χ4v) is 2.02. The lowest BCUT2D eigenvalue weighted by Gasteiger charge is -2.06. The highest BCUT2D eigenvalue weighted by Gasteiger charge is 2.10. The number of carbonyl (C=O) groups is 1. The number of fused-ring (bicyclic) bond motifs is 1. The Labute approximate surface area is 125 Å². The van der Waals surface area contributed by atoms with Gasteiger partial charge in [-0.3, -0.25) is 0 Å². The number of nitrogens with one attached hydrogen (secondary N) is 1. The minimum Gasteiger partial charge on any atom is -0.497 e. The van der Waals surface area contributed by atoms with E-state index in [4.69, 9.17) is 9.47 Å². The lowest BCUT2D eigenvalue weighted by molar-refractivity contribution is 0.0472. The van der Waals surface area contributed by atoms with Gasteiger partial charge < -0.3 is 9.47 Å². The molecule has 0 aliphatic carbocycles. The molecule has 0 atom stereocenters. The van der Waals surface area contributed by atoms with Crippen LogP contribution in [0.4, 0.5) is 0 Å². The second-order valence-corrected chi connectivity index (χ2v) is 4.60. The van der Waals surface area contributed by atoms with Crippen LogP contribution in [0.2, 0.25) is 0 Å². The molecule has 0 spiro atoms. The van der Waals surface area contributed by atoms with Gasteiger partial charge in [0, 0.05) is 6.20 Å². The number of aromatic nitrogens is 3. The van der Waals surface area contributed by atoms with E-state index in [0.717, 1.165) is 5.56 Å². The number of ether oxygens (including phenoxy) is 2. The van der Waals surface area contributed by atoms with Crippen molar-refractivity contribution in [1.82, 2.24) is 14.6 Å². The van der Waals surface area contributed by atoms with Crippen LogP contribution in [0, 0.1) is 0 Å². The number of carbonyl (C=O) groups excluding carboxylic acids is 1. The predicted octanol–water partition coefficient (Wildman–Crippen LogP) is 1.39. The molecule has 0 saturated carbocycles. The van der Waals surface area contributed by atoms with Crippen molar-refractivity contribution >= 4 is 11.6 Å². The van der Waals surface area contributed by atoms with Gasteiger partial charge >= 0.3 is 11.7 Å². The largest absolute Gasteiger partial charge is 0.497 e. The van der Waals surface area contributed by atoms with Gasteiger partial charge in [0.15, 0.2) is 5.65 Å². The zero-order valence-electron chi connectivity index (χ0n) is 11.8. The number of hydrogen-bond acceptors (Lipinski definition) is 5. The topological polar surface area (TPSA) is 85.7 Å². The van der Waals surface area contributed by atoms with E-state index in [1.807, 2.05) is 18.2 Å². The normalized spacial score (nSPS) is 10.6. The number of rotatable bonds is 4. The van der Waals surface area contributed by atoms with Crippen LogP contribution in [0.15, 0.2) is 47.4 Å². The molecular formula is C15H13N3O4. The van der Waals surface area contributed by atoms with E-state index in [-0.39, 0.29) is 12.2 Å². The Bertz CT molecular complexity index is 882. The molecule has 112 valence electrons. The first-order chi connectivity index (χ1) is 10.7. The molecule has 0 fully saturated rings. The van der Waals surface area contributed by atoms with Gasteiger partial charge in [-0.2, -0.15) is 5.10 Å². The number of hydrogen-bond donors (Lipinski definition) is 1. The highest BCUT2D eigenvalue weighted by molar-refractivity contribution is 5.89. The molecule has 2 heterocycles. The van der Waals surface area contributed by atoms with Gasteiger partial charge in [0.1, 0.15) is 12.4 Å². The fourth-order valence-electron chi connectivity index (χ4n) is 2.02. The monoisotopic (exact) mass is 299 g/mol. The van der Waals surface area contributed by atoms with E-state index in [1.165, 1.54) is 10.6 Å². The Balaban J connectivity index is 1.75. The van der Waals surface area contributed by atoms with Crippen molar-refractivity contribution in [2.45, 2.75) is 6.61 Å². The van der Waals surface area contributed by atoms with E-state index in [2.05, 4.69) is 10.2 Å². The van der Waals surface area contributed by atoms with Crippen LogP contribution >= 0.6 is 0 Å². The summed E-state index contributed by atoms with van der Waals surface area (Å²) in [6, 6.07) is 10.4. The molecule has 0 aliphatic rings. The highest BCUT2D eigenvalue weighted by atomic mass is 16.5. The summed E-state index contributed by atoms with van der Waals surface area (Å²) in [5.41, 5.74) is 1.12. The van der Waals surface area contributed by atoms with Gasteiger partial charge in [0.05, 0.1) is 12.7 Å². The van der Waals surface area contributed by atoms with Crippen LogP contribution in [0.3, 0.4) is 0 Å². The summed E-state index contributed by atoms with van der Waals surface area (Å²) in [4.78, 5) is 23.5. The van der Waals surface area contributed by atoms with Gasteiger partial charge in [-0.25, -0.2) is 19.1 Å². The number of pyridine rings is 1. The quantitative estimate of drug-likeness (QED) is 0.736. The summed E-state index contributed by atoms with van der Waals surface area (Å²) in [5, 5.41) is 6.10. The molecule has 7 heteroatoms. The number of nitrogens with zero attached hydrogens (tertiary/aromatic N) is 2. The molecule has 0 aliphatic heterocycles. The molecule has 0 radical (unpaired) electrons. The van der Waals surface area contributed by atoms with E-state index in [1.54, 1.807) is 25.3 Å². The first kappa shape index (κ1) is 13.9. The molecule has 0 unspecified atom stereocenters. The minimum atomic E-state index is -0.516. The molecule has 7 nitrogen and oxygen atoms in total. The summed E-state index contributed by atoms with van der Waals surface area (Å²) < 4.78 is 11.6. The van der Waals surface area contributed by atoms with Crippen LogP contribution in [0.1, 0.15) is 15.9 Å². The number of benzene rings is 1. The second-order valence-electron chi connectivity index (χ2n) is 4.60. The first-order valence-corrected chi connectivity index (χ1v) is 6.54. The highest BCUT2D eigenvalue weighted by Crippen LogP contribution is 2.14. The summed E-state index contributed by atoms with van der Waals surface area (Å²) in [7, 11) is 1.57. The molecule has 1 aromatic carbocycles. The third-order valence-electron chi connectivity index (χ3n) is 3.15. The molecular weight excluding hydrogens is 286 g/mol. The number of aromatic amines is 1. The van der Waals surface area contributed by atoms with E-state index >= 15 is 0 Å². The number of H-pyrrole nitrogens is 1. The second kappa shape index (κ2) is 5.72. The Morgan fingerprint density at radius 3 is 3.00 bits per heavy atom. The van der Waals surface area contributed by atoms with Crippen molar-refractivity contribution in [3.63, 3.8) is 0 Å². The Hall–Kier alpha value is -3.09. The Kier molecular flexibility index (Phi) is 3.61. The molecule has 0 amide bonds. The summed E-state index contributed by atoms with van der Waals surface area (Å²) >= 11 is 0. The third-order valence-corrected chi connectivity index (χ3v) is 3.15. The minimum absolute atomic E-state index is 0.119. The Morgan fingerprint density at radius 2 is 2.18 bits per heavy atom. The van der Waals surface area contributed by atoms with Crippen LogP contribution in [0.5, 0.6) is 5.75 Å². The average molecular weight is 299 g/mol. The van der Waals surface area contributed by atoms with Crippen molar-refractivity contribution in [3.05, 3.63) is 64.2 Å². The maximum Gasteiger partial charge on any atom is 0.347 e. The third kappa shape index (κ3) is 2.69. The van der Waals surface area contributed by atoms with Gasteiger partial charge in [0.25, 0.3) is 0 Å². The molecule has 1 N–H and O–H groups in total. The standard InChI is InChI=1S/C15H13N3O4/c1-21-12-4-2-3-10(7-12)9-22-14(19)11-5-6-13-16-17-15(20)18(13)8-11/h2-8H,9H2,1H3,(H,17,20). The SMILES string of the molecule is COc1cccc(COC(=O)c2ccc3n[nH]c(=O)n3c2)c1. The first-order valence-electron chi connectivity index (χ1n) is 6.54. The molecule has 3 rings (SSSR count). The summed E-state index contributed by atoms with van der Waals surface area (Å²) in [6.07, 6.45) is 1.40. The van der Waals surface area contributed by atoms with Gasteiger partial charge in [-0.1, -0.05) is 12.1 Å². The van der Waals surface area contributed by atoms with Gasteiger partial charge in [-0.05, 0) is 29.8 Å². The predicted molar refractivity (Wildman–Crippen MR) is 77.9 cm³/mol. The average Bonchev–Trinajstić information content (AvgIpc) is 2.93. The lowest BCUT2D eigenvalue weighted by atomic mass is 10.2. The van der Waals surface area contributed by atoms with Crippen LogP contribution in [-0.2, 0) is 11.3 Å².